The quantitative estimate of drug-likeness (QED) is 0.780. The molecular weight excluding hydrogens is 400 g/mol. The Bertz CT molecular complexity index is 802. The van der Waals surface area contributed by atoms with Gasteiger partial charge in [0.1, 0.15) is 4.21 Å². The van der Waals surface area contributed by atoms with Crippen molar-refractivity contribution >= 4 is 38.3 Å². The molecule has 3 amide bonds. The number of amides is 3. The smallest absolute Gasteiger partial charge is 0.322 e. The minimum atomic E-state index is -3.46. The summed E-state index contributed by atoms with van der Waals surface area (Å²) in [6, 6.07) is 2.94. The Morgan fingerprint density at radius 1 is 1.00 bits per heavy atom. The molecule has 3 heterocycles. The summed E-state index contributed by atoms with van der Waals surface area (Å²) < 4.78 is 27.0. The fraction of sp³-hybridized carbons (Fsp3) is 0.667. The molecule has 0 atom stereocenters. The molecule has 0 saturated carbocycles. The third-order valence-corrected chi connectivity index (χ3v) is 8.44. The third-order valence-electron chi connectivity index (χ3n) is 5.07. The van der Waals surface area contributed by atoms with Crippen LogP contribution in [-0.2, 0) is 14.8 Å². The second kappa shape index (κ2) is 9.23. The van der Waals surface area contributed by atoms with E-state index in [0.717, 1.165) is 37.0 Å². The second-order valence-electron chi connectivity index (χ2n) is 7.13. The summed E-state index contributed by atoms with van der Waals surface area (Å²) in [5, 5.41) is 3.33. The van der Waals surface area contributed by atoms with E-state index in [4.69, 9.17) is 0 Å². The van der Waals surface area contributed by atoms with Gasteiger partial charge < -0.3 is 9.80 Å². The number of nitrogens with zero attached hydrogens (tertiary/aromatic N) is 3. The normalized spacial score (nSPS) is 18.9. The highest BCUT2D eigenvalue weighted by molar-refractivity contribution is 7.91. The molecule has 2 saturated heterocycles. The molecule has 3 rings (SSSR count). The van der Waals surface area contributed by atoms with Crippen molar-refractivity contribution in [2.75, 3.05) is 44.6 Å². The maximum absolute atomic E-state index is 12.6. The standard InChI is InChI=1S/C18H28N4O4S2/c1-2-6-16(23)20-9-5-10-21(14-13-20)18(24)19-15-7-8-17(27-15)28(25,26)22-11-3-4-12-22/h7-8H,2-6,9-14H2,1H3,(H,19,24). The number of rotatable bonds is 5. The van der Waals surface area contributed by atoms with E-state index < -0.39 is 10.0 Å². The average molecular weight is 429 g/mol. The number of carbonyl (C=O) groups excluding carboxylic acids is 2. The Kier molecular flexibility index (Phi) is 6.95. The first-order valence-electron chi connectivity index (χ1n) is 9.85. The van der Waals surface area contributed by atoms with Crippen LogP contribution in [0.3, 0.4) is 0 Å². The van der Waals surface area contributed by atoms with Crippen LogP contribution >= 0.6 is 11.3 Å². The van der Waals surface area contributed by atoms with Crippen LogP contribution in [0, 0.1) is 0 Å². The van der Waals surface area contributed by atoms with Gasteiger partial charge in [0, 0.05) is 45.7 Å². The average Bonchev–Trinajstić information content (AvgIpc) is 3.30. The van der Waals surface area contributed by atoms with Gasteiger partial charge >= 0.3 is 6.03 Å². The van der Waals surface area contributed by atoms with E-state index in [2.05, 4.69) is 5.32 Å². The fourth-order valence-electron chi connectivity index (χ4n) is 3.51. The van der Waals surface area contributed by atoms with Crippen molar-refractivity contribution in [3.63, 3.8) is 0 Å². The van der Waals surface area contributed by atoms with E-state index in [9.17, 15) is 18.0 Å². The molecule has 0 aliphatic carbocycles. The maximum atomic E-state index is 12.6. The van der Waals surface area contributed by atoms with E-state index in [1.54, 1.807) is 17.0 Å². The molecule has 2 aliphatic rings. The van der Waals surface area contributed by atoms with Crippen molar-refractivity contribution in [1.29, 1.82) is 0 Å². The highest BCUT2D eigenvalue weighted by Gasteiger charge is 2.29. The van der Waals surface area contributed by atoms with Gasteiger partial charge in [-0.1, -0.05) is 6.92 Å². The van der Waals surface area contributed by atoms with Crippen LogP contribution < -0.4 is 5.32 Å². The van der Waals surface area contributed by atoms with Crippen LogP contribution in [0.15, 0.2) is 16.3 Å². The van der Waals surface area contributed by atoms with Gasteiger partial charge in [-0.2, -0.15) is 4.31 Å². The lowest BCUT2D eigenvalue weighted by Gasteiger charge is -2.22. The highest BCUT2D eigenvalue weighted by atomic mass is 32.2. The van der Waals surface area contributed by atoms with Gasteiger partial charge in [-0.3, -0.25) is 10.1 Å². The van der Waals surface area contributed by atoms with Crippen LogP contribution in [0.5, 0.6) is 0 Å². The summed E-state index contributed by atoms with van der Waals surface area (Å²) in [6.45, 7) is 5.35. The number of sulfonamides is 1. The lowest BCUT2D eigenvalue weighted by atomic mass is 10.3. The minimum Gasteiger partial charge on any atom is -0.341 e. The van der Waals surface area contributed by atoms with Crippen LogP contribution in [0.4, 0.5) is 9.80 Å². The summed E-state index contributed by atoms with van der Waals surface area (Å²) in [4.78, 5) is 28.2. The summed E-state index contributed by atoms with van der Waals surface area (Å²) >= 11 is 1.08. The van der Waals surface area contributed by atoms with Crippen molar-refractivity contribution in [2.45, 2.75) is 43.2 Å². The monoisotopic (exact) mass is 428 g/mol. The molecule has 1 aromatic rings. The first-order valence-corrected chi connectivity index (χ1v) is 12.1. The van der Waals surface area contributed by atoms with E-state index in [-0.39, 0.29) is 16.1 Å². The molecule has 8 nitrogen and oxygen atoms in total. The summed E-state index contributed by atoms with van der Waals surface area (Å²) in [5.74, 6) is 0.139. The van der Waals surface area contributed by atoms with Crippen molar-refractivity contribution in [1.82, 2.24) is 14.1 Å². The summed E-state index contributed by atoms with van der Waals surface area (Å²) in [7, 11) is -3.46. The lowest BCUT2D eigenvalue weighted by molar-refractivity contribution is -0.131. The first kappa shape index (κ1) is 21.1. The molecular formula is C18H28N4O4S2. The van der Waals surface area contributed by atoms with Gasteiger partial charge in [0.05, 0.1) is 5.00 Å². The van der Waals surface area contributed by atoms with Gasteiger partial charge in [-0.25, -0.2) is 13.2 Å². The van der Waals surface area contributed by atoms with Gasteiger partial charge in [-0.05, 0) is 37.8 Å². The second-order valence-corrected chi connectivity index (χ2v) is 10.4. The molecule has 0 spiro atoms. The number of hydrogen-bond donors (Lipinski definition) is 1. The number of thiophene rings is 1. The van der Waals surface area contributed by atoms with E-state index in [1.807, 2.05) is 11.8 Å². The number of carbonyl (C=O) groups is 2. The van der Waals surface area contributed by atoms with Crippen LogP contribution in [0.25, 0.3) is 0 Å². The summed E-state index contributed by atoms with van der Waals surface area (Å²) in [6.07, 6.45) is 3.88. The molecule has 1 N–H and O–H groups in total. The van der Waals surface area contributed by atoms with Gasteiger partial charge in [0.15, 0.2) is 0 Å². The largest absolute Gasteiger partial charge is 0.341 e. The number of nitrogens with one attached hydrogen (secondary N) is 1. The number of hydrogen-bond acceptors (Lipinski definition) is 5. The van der Waals surface area contributed by atoms with E-state index in [1.165, 1.54) is 4.31 Å². The fourth-order valence-corrected chi connectivity index (χ4v) is 6.38. The molecule has 2 fully saturated rings. The van der Waals surface area contributed by atoms with E-state index >= 15 is 0 Å². The first-order chi connectivity index (χ1) is 13.4. The van der Waals surface area contributed by atoms with Crippen molar-refractivity contribution in [3.05, 3.63) is 12.1 Å². The number of urea groups is 1. The van der Waals surface area contributed by atoms with Crippen molar-refractivity contribution in [3.8, 4) is 0 Å². The van der Waals surface area contributed by atoms with Crippen LogP contribution in [0.1, 0.15) is 39.0 Å². The summed E-state index contributed by atoms with van der Waals surface area (Å²) in [5.41, 5.74) is 0. The zero-order valence-corrected chi connectivity index (χ0v) is 17.9. The molecule has 0 bridgehead atoms. The Labute approximate surface area is 170 Å². The zero-order valence-electron chi connectivity index (χ0n) is 16.2. The van der Waals surface area contributed by atoms with Crippen molar-refractivity contribution < 1.29 is 18.0 Å². The van der Waals surface area contributed by atoms with E-state index in [0.29, 0.717) is 50.7 Å². The van der Waals surface area contributed by atoms with Crippen LogP contribution in [-0.4, -0.2) is 73.7 Å². The molecule has 0 aromatic carbocycles. The predicted molar refractivity (Wildman–Crippen MR) is 109 cm³/mol. The maximum Gasteiger partial charge on any atom is 0.322 e. The zero-order chi connectivity index (χ0) is 20.1. The highest BCUT2D eigenvalue weighted by Crippen LogP contribution is 2.30. The lowest BCUT2D eigenvalue weighted by Crippen LogP contribution is -2.39. The molecule has 10 heteroatoms. The molecule has 0 unspecified atom stereocenters. The molecule has 1 aromatic heterocycles. The Balaban J connectivity index is 1.58. The molecule has 28 heavy (non-hydrogen) atoms. The van der Waals surface area contributed by atoms with Gasteiger partial charge in [0.2, 0.25) is 5.91 Å². The van der Waals surface area contributed by atoms with Gasteiger partial charge in [0.25, 0.3) is 10.0 Å². The van der Waals surface area contributed by atoms with Crippen molar-refractivity contribution in [2.24, 2.45) is 0 Å². The van der Waals surface area contributed by atoms with Crippen LogP contribution in [0.2, 0.25) is 0 Å². The minimum absolute atomic E-state index is 0.139. The molecule has 156 valence electrons. The predicted octanol–water partition coefficient (Wildman–Crippen LogP) is 2.40. The topological polar surface area (TPSA) is 90.0 Å². The Hall–Kier alpha value is -1.65. The molecule has 0 radical (unpaired) electrons. The third kappa shape index (κ3) is 4.84. The SMILES string of the molecule is CCCC(=O)N1CCCN(C(=O)Nc2ccc(S(=O)(=O)N3CCCC3)s2)CC1. The Morgan fingerprint density at radius 3 is 2.39 bits per heavy atom. The van der Waals surface area contributed by atoms with Gasteiger partial charge in [-0.15, -0.1) is 11.3 Å². The molecule has 2 aliphatic heterocycles. The number of anilines is 1. The Morgan fingerprint density at radius 2 is 1.68 bits per heavy atom.